The third-order valence-corrected chi connectivity index (χ3v) is 3.56. The fourth-order valence-corrected chi connectivity index (χ4v) is 2.49. The van der Waals surface area contributed by atoms with Gasteiger partial charge in [-0.1, -0.05) is 0 Å². The third-order valence-electron chi connectivity index (χ3n) is 3.56. The molecule has 0 bridgehead atoms. The van der Waals surface area contributed by atoms with Crippen LogP contribution in [0.15, 0.2) is 37.1 Å². The number of rotatable bonds is 3. The highest BCUT2D eigenvalue weighted by Gasteiger charge is 2.34. The Kier molecular flexibility index (Phi) is 3.39. The van der Waals surface area contributed by atoms with E-state index in [1.807, 2.05) is 0 Å². The quantitative estimate of drug-likeness (QED) is 0.907. The Labute approximate surface area is 120 Å². The summed E-state index contributed by atoms with van der Waals surface area (Å²) in [5, 5.41) is 9.13. The Morgan fingerprint density at radius 1 is 1.33 bits per heavy atom. The molecule has 1 amide bonds. The van der Waals surface area contributed by atoms with Crippen molar-refractivity contribution in [3.05, 3.63) is 42.6 Å². The maximum atomic E-state index is 12.4. The van der Waals surface area contributed by atoms with Crippen LogP contribution in [0.25, 0.3) is 5.82 Å². The number of hydrogen-bond acceptors (Lipinski definition) is 4. The summed E-state index contributed by atoms with van der Waals surface area (Å²) < 4.78 is 1.73. The molecular weight excluding hydrogens is 272 g/mol. The summed E-state index contributed by atoms with van der Waals surface area (Å²) in [6.07, 6.45) is 7.69. The van der Waals surface area contributed by atoms with Crippen molar-refractivity contribution in [2.75, 3.05) is 6.54 Å². The number of carbonyl (C=O) groups excluding carboxylic acids is 1. The minimum absolute atomic E-state index is 0.287. The molecule has 3 rings (SSSR count). The van der Waals surface area contributed by atoms with E-state index < -0.39 is 12.0 Å². The van der Waals surface area contributed by atoms with Crippen LogP contribution in [-0.2, 0) is 4.79 Å². The summed E-state index contributed by atoms with van der Waals surface area (Å²) in [5.74, 6) is -0.589. The molecule has 1 atom stereocenters. The Balaban J connectivity index is 1.80. The molecule has 7 heteroatoms. The molecule has 1 fully saturated rings. The molecule has 1 N–H and O–H groups in total. The summed E-state index contributed by atoms with van der Waals surface area (Å²) in [7, 11) is 0. The lowest BCUT2D eigenvalue weighted by Gasteiger charge is -2.21. The Morgan fingerprint density at radius 2 is 2.19 bits per heavy atom. The van der Waals surface area contributed by atoms with Crippen molar-refractivity contribution in [3.8, 4) is 5.82 Å². The van der Waals surface area contributed by atoms with E-state index in [0.29, 0.717) is 30.8 Å². The first kappa shape index (κ1) is 13.3. The minimum Gasteiger partial charge on any atom is -0.480 e. The SMILES string of the molecule is O=C(O)[C@@H]1CCCN1C(=O)c1ccc(-n2ccnc2)nc1. The summed E-state index contributed by atoms with van der Waals surface area (Å²) in [6.45, 7) is 0.471. The van der Waals surface area contributed by atoms with Crippen LogP contribution in [0.5, 0.6) is 0 Å². The molecule has 0 aliphatic carbocycles. The van der Waals surface area contributed by atoms with E-state index in [2.05, 4.69) is 9.97 Å². The van der Waals surface area contributed by atoms with Gasteiger partial charge in [-0.2, -0.15) is 0 Å². The molecule has 0 saturated carbocycles. The lowest BCUT2D eigenvalue weighted by molar-refractivity contribution is -0.141. The monoisotopic (exact) mass is 286 g/mol. The number of amides is 1. The van der Waals surface area contributed by atoms with Crippen molar-refractivity contribution >= 4 is 11.9 Å². The van der Waals surface area contributed by atoms with E-state index >= 15 is 0 Å². The van der Waals surface area contributed by atoms with E-state index in [4.69, 9.17) is 5.11 Å². The van der Waals surface area contributed by atoms with E-state index in [1.165, 1.54) is 11.1 Å². The highest BCUT2D eigenvalue weighted by Crippen LogP contribution is 2.20. The maximum absolute atomic E-state index is 12.4. The van der Waals surface area contributed by atoms with Gasteiger partial charge >= 0.3 is 5.97 Å². The number of pyridine rings is 1. The van der Waals surface area contributed by atoms with Gasteiger partial charge < -0.3 is 10.0 Å². The first-order chi connectivity index (χ1) is 10.2. The number of carbonyl (C=O) groups is 2. The second-order valence-corrected chi connectivity index (χ2v) is 4.87. The average Bonchev–Trinajstić information content (AvgIpc) is 3.18. The molecule has 2 aromatic rings. The first-order valence-electron chi connectivity index (χ1n) is 6.65. The van der Waals surface area contributed by atoms with Crippen LogP contribution in [0.1, 0.15) is 23.2 Å². The highest BCUT2D eigenvalue weighted by atomic mass is 16.4. The van der Waals surface area contributed by atoms with Gasteiger partial charge in [0.2, 0.25) is 0 Å². The first-order valence-corrected chi connectivity index (χ1v) is 6.65. The van der Waals surface area contributed by atoms with Gasteiger partial charge in [0, 0.05) is 25.1 Å². The fourth-order valence-electron chi connectivity index (χ4n) is 2.49. The van der Waals surface area contributed by atoms with Crippen molar-refractivity contribution in [2.45, 2.75) is 18.9 Å². The van der Waals surface area contributed by atoms with E-state index in [-0.39, 0.29) is 5.91 Å². The number of hydrogen-bond donors (Lipinski definition) is 1. The van der Waals surface area contributed by atoms with Crippen molar-refractivity contribution < 1.29 is 14.7 Å². The second kappa shape index (κ2) is 5.35. The van der Waals surface area contributed by atoms with Crippen LogP contribution in [0.4, 0.5) is 0 Å². The molecule has 1 saturated heterocycles. The largest absolute Gasteiger partial charge is 0.480 e. The Hall–Kier alpha value is -2.70. The average molecular weight is 286 g/mol. The van der Waals surface area contributed by atoms with Crippen LogP contribution in [0, 0.1) is 0 Å². The molecule has 108 valence electrons. The molecule has 2 aromatic heterocycles. The number of carboxylic acids is 1. The molecule has 1 aliphatic heterocycles. The Morgan fingerprint density at radius 3 is 2.81 bits per heavy atom. The molecular formula is C14H14N4O3. The molecule has 0 spiro atoms. The van der Waals surface area contributed by atoms with Gasteiger partial charge in [0.25, 0.3) is 5.91 Å². The molecule has 0 unspecified atom stereocenters. The van der Waals surface area contributed by atoms with E-state index in [1.54, 1.807) is 35.4 Å². The van der Waals surface area contributed by atoms with Gasteiger partial charge in [-0.15, -0.1) is 0 Å². The van der Waals surface area contributed by atoms with Gasteiger partial charge in [0.1, 0.15) is 18.2 Å². The molecule has 0 aromatic carbocycles. The predicted molar refractivity (Wildman–Crippen MR) is 73.1 cm³/mol. The number of likely N-dealkylation sites (tertiary alicyclic amines) is 1. The zero-order valence-electron chi connectivity index (χ0n) is 11.2. The molecule has 3 heterocycles. The van der Waals surface area contributed by atoms with Gasteiger partial charge in [-0.25, -0.2) is 14.8 Å². The molecule has 1 aliphatic rings. The van der Waals surface area contributed by atoms with Gasteiger partial charge in [-0.05, 0) is 25.0 Å². The van der Waals surface area contributed by atoms with Crippen molar-refractivity contribution in [2.24, 2.45) is 0 Å². The van der Waals surface area contributed by atoms with Gasteiger partial charge in [0.05, 0.1) is 5.56 Å². The summed E-state index contributed by atoms with van der Waals surface area (Å²) >= 11 is 0. The standard InChI is InChI=1S/C14H14N4O3/c19-13(18-6-1-2-11(18)14(20)21)10-3-4-12(16-8-10)17-7-5-15-9-17/h3-5,7-9,11H,1-2,6H2,(H,20,21)/t11-/m0/s1. The minimum atomic E-state index is -0.955. The van der Waals surface area contributed by atoms with Crippen LogP contribution in [0.2, 0.25) is 0 Å². The predicted octanol–water partition coefficient (Wildman–Crippen LogP) is 0.956. The number of imidazole rings is 1. The number of nitrogens with zero attached hydrogens (tertiary/aromatic N) is 4. The van der Waals surface area contributed by atoms with Crippen LogP contribution < -0.4 is 0 Å². The lowest BCUT2D eigenvalue weighted by atomic mass is 10.2. The van der Waals surface area contributed by atoms with Crippen molar-refractivity contribution in [1.29, 1.82) is 0 Å². The lowest BCUT2D eigenvalue weighted by Crippen LogP contribution is -2.40. The summed E-state index contributed by atoms with van der Waals surface area (Å²) in [4.78, 5) is 33.0. The topological polar surface area (TPSA) is 88.3 Å². The van der Waals surface area contributed by atoms with Crippen molar-refractivity contribution in [3.63, 3.8) is 0 Å². The van der Waals surface area contributed by atoms with Gasteiger partial charge in [-0.3, -0.25) is 9.36 Å². The van der Waals surface area contributed by atoms with E-state index in [0.717, 1.165) is 0 Å². The van der Waals surface area contributed by atoms with Crippen molar-refractivity contribution in [1.82, 2.24) is 19.4 Å². The van der Waals surface area contributed by atoms with Crippen LogP contribution >= 0.6 is 0 Å². The Bertz CT molecular complexity index is 651. The zero-order chi connectivity index (χ0) is 14.8. The smallest absolute Gasteiger partial charge is 0.326 e. The number of aliphatic carboxylic acids is 1. The summed E-state index contributed by atoms with van der Waals surface area (Å²) in [6, 6.07) is 2.63. The highest BCUT2D eigenvalue weighted by molar-refractivity contribution is 5.96. The second-order valence-electron chi connectivity index (χ2n) is 4.87. The number of aromatic nitrogens is 3. The normalized spacial score (nSPS) is 17.9. The van der Waals surface area contributed by atoms with Gasteiger partial charge in [0.15, 0.2) is 0 Å². The molecule has 7 nitrogen and oxygen atoms in total. The van der Waals surface area contributed by atoms with E-state index in [9.17, 15) is 9.59 Å². The molecule has 0 radical (unpaired) electrons. The maximum Gasteiger partial charge on any atom is 0.326 e. The summed E-state index contributed by atoms with van der Waals surface area (Å²) in [5.41, 5.74) is 0.395. The zero-order valence-corrected chi connectivity index (χ0v) is 11.2. The molecule has 21 heavy (non-hydrogen) atoms. The number of carboxylic acid groups (broad SMARTS) is 1. The fraction of sp³-hybridized carbons (Fsp3) is 0.286. The third kappa shape index (κ3) is 2.49. The van der Waals surface area contributed by atoms with Crippen LogP contribution in [0.3, 0.4) is 0 Å². The van der Waals surface area contributed by atoms with Crippen LogP contribution in [-0.4, -0.2) is 49.0 Å².